The first kappa shape index (κ1) is 10.8. The highest BCUT2D eigenvalue weighted by atomic mass is 16.3. The van der Waals surface area contributed by atoms with Gasteiger partial charge in [0, 0.05) is 12.5 Å². The molecule has 1 atom stereocenters. The summed E-state index contributed by atoms with van der Waals surface area (Å²) >= 11 is 0. The number of nitrogens with zero attached hydrogens (tertiary/aromatic N) is 3. The highest BCUT2D eigenvalue weighted by Gasteiger charge is 2.06. The molecule has 1 aromatic heterocycles. The molecule has 0 bridgehead atoms. The van der Waals surface area contributed by atoms with Crippen LogP contribution in [-0.4, -0.2) is 26.7 Å². The van der Waals surface area contributed by atoms with Crippen molar-refractivity contribution in [3.63, 3.8) is 0 Å². The van der Waals surface area contributed by atoms with E-state index in [2.05, 4.69) is 10.2 Å². The number of benzene rings is 1. The van der Waals surface area contributed by atoms with Gasteiger partial charge in [-0.3, -0.25) is 0 Å². The van der Waals surface area contributed by atoms with Crippen LogP contribution in [0.25, 0.3) is 5.69 Å². The molecule has 4 nitrogen and oxygen atoms in total. The van der Waals surface area contributed by atoms with Crippen molar-refractivity contribution in [2.75, 3.05) is 6.61 Å². The Morgan fingerprint density at radius 1 is 1.44 bits per heavy atom. The van der Waals surface area contributed by atoms with Gasteiger partial charge in [0.2, 0.25) is 0 Å². The molecule has 1 unspecified atom stereocenters. The number of aliphatic hydroxyl groups excluding tert-OH is 1. The van der Waals surface area contributed by atoms with Gasteiger partial charge in [-0.15, -0.1) is 0 Å². The van der Waals surface area contributed by atoms with Crippen molar-refractivity contribution < 1.29 is 5.11 Å². The minimum Gasteiger partial charge on any atom is -0.396 e. The van der Waals surface area contributed by atoms with Crippen LogP contribution < -0.4 is 0 Å². The Morgan fingerprint density at radius 3 is 2.88 bits per heavy atom. The quantitative estimate of drug-likeness (QED) is 0.850. The highest BCUT2D eigenvalue weighted by Crippen LogP contribution is 2.17. The van der Waals surface area contributed by atoms with Crippen molar-refractivity contribution in [2.24, 2.45) is 0 Å². The second-order valence-corrected chi connectivity index (χ2v) is 3.95. The van der Waals surface area contributed by atoms with Crippen LogP contribution in [0.4, 0.5) is 0 Å². The average Bonchev–Trinajstić information content (AvgIpc) is 2.75. The molecule has 0 radical (unpaired) electrons. The van der Waals surface area contributed by atoms with E-state index < -0.39 is 0 Å². The second-order valence-electron chi connectivity index (χ2n) is 3.95. The molecule has 2 rings (SSSR count). The Morgan fingerprint density at radius 2 is 2.25 bits per heavy atom. The minimum atomic E-state index is 0.136. The standard InChI is InChI=1S/C12H15N3O/c1-9(8-16)11-4-3-5-12(6-11)15-13-7-10(2)14-15/h3-7,9,16H,8H2,1-2H3. The van der Waals surface area contributed by atoms with E-state index in [-0.39, 0.29) is 12.5 Å². The molecule has 0 aliphatic carbocycles. The first-order valence-corrected chi connectivity index (χ1v) is 5.31. The molecule has 84 valence electrons. The van der Waals surface area contributed by atoms with Gasteiger partial charge in [-0.2, -0.15) is 15.0 Å². The third-order valence-electron chi connectivity index (χ3n) is 2.55. The van der Waals surface area contributed by atoms with E-state index in [1.54, 1.807) is 11.0 Å². The van der Waals surface area contributed by atoms with Crippen LogP contribution in [0.2, 0.25) is 0 Å². The Bertz CT molecular complexity index is 479. The smallest absolute Gasteiger partial charge is 0.0859 e. The van der Waals surface area contributed by atoms with Gasteiger partial charge in [-0.25, -0.2) is 0 Å². The van der Waals surface area contributed by atoms with Crippen LogP contribution in [0, 0.1) is 6.92 Å². The van der Waals surface area contributed by atoms with Crippen molar-refractivity contribution in [3.8, 4) is 5.69 Å². The monoisotopic (exact) mass is 217 g/mol. The summed E-state index contributed by atoms with van der Waals surface area (Å²) in [5.41, 5.74) is 2.90. The minimum absolute atomic E-state index is 0.136. The number of aromatic nitrogens is 3. The Balaban J connectivity index is 2.36. The second kappa shape index (κ2) is 4.45. The Kier molecular flexibility index (Phi) is 3.01. The molecular formula is C12H15N3O. The fourth-order valence-electron chi connectivity index (χ4n) is 1.52. The lowest BCUT2D eigenvalue weighted by atomic mass is 10.0. The lowest BCUT2D eigenvalue weighted by Gasteiger charge is -2.09. The molecule has 16 heavy (non-hydrogen) atoms. The van der Waals surface area contributed by atoms with Crippen LogP contribution in [0.1, 0.15) is 24.1 Å². The molecule has 0 aliphatic heterocycles. The first-order chi connectivity index (χ1) is 7.70. The fraction of sp³-hybridized carbons (Fsp3) is 0.333. The van der Waals surface area contributed by atoms with Gasteiger partial charge in [0.15, 0.2) is 0 Å². The molecule has 4 heteroatoms. The van der Waals surface area contributed by atoms with Gasteiger partial charge in [0.1, 0.15) is 0 Å². The summed E-state index contributed by atoms with van der Waals surface area (Å²) in [4.78, 5) is 1.60. The molecule has 1 aromatic carbocycles. The zero-order chi connectivity index (χ0) is 11.5. The number of hydrogen-bond donors (Lipinski definition) is 1. The molecule has 0 saturated heterocycles. The number of aliphatic hydroxyl groups is 1. The summed E-state index contributed by atoms with van der Waals surface area (Å²) in [6, 6.07) is 7.91. The lowest BCUT2D eigenvalue weighted by Crippen LogP contribution is -2.03. The van der Waals surface area contributed by atoms with E-state index in [0.717, 1.165) is 16.9 Å². The van der Waals surface area contributed by atoms with E-state index in [4.69, 9.17) is 5.11 Å². The molecule has 0 amide bonds. The summed E-state index contributed by atoms with van der Waals surface area (Å²) in [6.07, 6.45) is 1.72. The molecular weight excluding hydrogens is 202 g/mol. The fourth-order valence-corrected chi connectivity index (χ4v) is 1.52. The maximum atomic E-state index is 9.12. The van der Waals surface area contributed by atoms with Crippen LogP contribution in [0.15, 0.2) is 30.5 Å². The predicted octanol–water partition coefficient (Wildman–Crippen LogP) is 1.67. The third-order valence-corrected chi connectivity index (χ3v) is 2.55. The number of hydrogen-bond acceptors (Lipinski definition) is 3. The maximum Gasteiger partial charge on any atom is 0.0859 e. The van der Waals surface area contributed by atoms with Crippen molar-refractivity contribution in [1.82, 2.24) is 15.0 Å². The van der Waals surface area contributed by atoms with E-state index in [1.807, 2.05) is 38.1 Å². The molecule has 0 saturated carbocycles. The molecule has 1 N–H and O–H groups in total. The van der Waals surface area contributed by atoms with Gasteiger partial charge < -0.3 is 5.11 Å². The van der Waals surface area contributed by atoms with Crippen LogP contribution in [-0.2, 0) is 0 Å². The molecule has 1 heterocycles. The van der Waals surface area contributed by atoms with Crippen molar-refractivity contribution >= 4 is 0 Å². The van der Waals surface area contributed by atoms with Crippen LogP contribution >= 0.6 is 0 Å². The number of aryl methyl sites for hydroxylation is 1. The summed E-state index contributed by atoms with van der Waals surface area (Å²) < 4.78 is 0. The molecule has 2 aromatic rings. The van der Waals surface area contributed by atoms with Crippen LogP contribution in [0.5, 0.6) is 0 Å². The van der Waals surface area contributed by atoms with E-state index in [0.29, 0.717) is 0 Å². The SMILES string of the molecule is Cc1cnn(-c2cccc(C(C)CO)c2)n1. The van der Waals surface area contributed by atoms with Crippen molar-refractivity contribution in [2.45, 2.75) is 19.8 Å². The predicted molar refractivity (Wildman–Crippen MR) is 61.6 cm³/mol. The zero-order valence-electron chi connectivity index (χ0n) is 9.46. The third kappa shape index (κ3) is 2.12. The highest BCUT2D eigenvalue weighted by molar-refractivity contribution is 5.35. The van der Waals surface area contributed by atoms with Crippen LogP contribution in [0.3, 0.4) is 0 Å². The zero-order valence-corrected chi connectivity index (χ0v) is 9.46. The van der Waals surface area contributed by atoms with Crippen molar-refractivity contribution in [3.05, 3.63) is 41.7 Å². The van der Waals surface area contributed by atoms with E-state index >= 15 is 0 Å². The Hall–Kier alpha value is -1.68. The number of rotatable bonds is 3. The summed E-state index contributed by atoms with van der Waals surface area (Å²) in [6.45, 7) is 4.04. The summed E-state index contributed by atoms with van der Waals surface area (Å²) in [5, 5.41) is 17.5. The largest absolute Gasteiger partial charge is 0.396 e. The van der Waals surface area contributed by atoms with E-state index in [1.165, 1.54) is 0 Å². The maximum absolute atomic E-state index is 9.12. The molecule has 0 aliphatic rings. The summed E-state index contributed by atoms with van der Waals surface area (Å²) in [5.74, 6) is 0.136. The van der Waals surface area contributed by atoms with Gasteiger partial charge in [0.05, 0.1) is 17.6 Å². The topological polar surface area (TPSA) is 50.9 Å². The van der Waals surface area contributed by atoms with E-state index in [9.17, 15) is 0 Å². The summed E-state index contributed by atoms with van der Waals surface area (Å²) in [7, 11) is 0. The van der Waals surface area contributed by atoms with Gasteiger partial charge in [-0.1, -0.05) is 19.1 Å². The normalized spacial score (nSPS) is 12.7. The Labute approximate surface area is 94.5 Å². The molecule has 0 fully saturated rings. The average molecular weight is 217 g/mol. The molecule has 0 spiro atoms. The van der Waals surface area contributed by atoms with Crippen molar-refractivity contribution in [1.29, 1.82) is 0 Å². The van der Waals surface area contributed by atoms with Gasteiger partial charge >= 0.3 is 0 Å². The van der Waals surface area contributed by atoms with Gasteiger partial charge in [0.25, 0.3) is 0 Å². The van der Waals surface area contributed by atoms with Gasteiger partial charge in [-0.05, 0) is 24.6 Å². The first-order valence-electron chi connectivity index (χ1n) is 5.31. The lowest BCUT2D eigenvalue weighted by molar-refractivity contribution is 0.273.